The molecule has 3 N–H and O–H groups in total. The van der Waals surface area contributed by atoms with Crippen molar-refractivity contribution in [3.63, 3.8) is 0 Å². The first-order valence-electron chi connectivity index (χ1n) is 11.6. The number of unbranched alkanes of at least 4 members (excludes halogenated alkanes) is 2. The van der Waals surface area contributed by atoms with E-state index in [1.54, 1.807) is 20.8 Å². The van der Waals surface area contributed by atoms with Gasteiger partial charge in [0.15, 0.2) is 0 Å². The van der Waals surface area contributed by atoms with Crippen LogP contribution >= 0.6 is 0 Å². The van der Waals surface area contributed by atoms with Crippen molar-refractivity contribution in [1.29, 1.82) is 0 Å². The average Bonchev–Trinajstić information content (AvgIpc) is 3.56. The topological polar surface area (TPSA) is 90.9 Å². The van der Waals surface area contributed by atoms with Crippen molar-refractivity contribution in [2.75, 3.05) is 19.6 Å². The maximum atomic E-state index is 11.8. The number of nitrogens with zero attached hydrogens (tertiary/aromatic N) is 1. The van der Waals surface area contributed by atoms with Gasteiger partial charge < -0.3 is 20.5 Å². The second-order valence-corrected chi connectivity index (χ2v) is 9.35. The zero-order valence-electron chi connectivity index (χ0n) is 19.7. The predicted molar refractivity (Wildman–Crippen MR) is 125 cm³/mol. The van der Waals surface area contributed by atoms with Gasteiger partial charge in [-0.2, -0.15) is 0 Å². The number of carboxylic acids is 1. The van der Waals surface area contributed by atoms with E-state index in [0.29, 0.717) is 12.6 Å². The number of hydrogen-bond acceptors (Lipinski definition) is 5. The van der Waals surface area contributed by atoms with Gasteiger partial charge in [-0.25, -0.2) is 9.59 Å². The van der Waals surface area contributed by atoms with Gasteiger partial charge in [-0.3, -0.25) is 4.90 Å². The van der Waals surface area contributed by atoms with Crippen LogP contribution in [-0.2, 0) is 9.53 Å². The van der Waals surface area contributed by atoms with Crippen LogP contribution in [0.1, 0.15) is 72.1 Å². The van der Waals surface area contributed by atoms with Gasteiger partial charge in [0, 0.05) is 18.6 Å². The Labute approximate surface area is 188 Å². The third kappa shape index (κ3) is 14.7. The molecule has 2 rings (SSSR count). The third-order valence-corrected chi connectivity index (χ3v) is 4.92. The molecule has 0 bridgehead atoms. The van der Waals surface area contributed by atoms with Crippen LogP contribution in [0.3, 0.4) is 0 Å². The first-order valence-corrected chi connectivity index (χ1v) is 11.6. The molecule has 0 aromatic rings. The van der Waals surface area contributed by atoms with E-state index >= 15 is 0 Å². The van der Waals surface area contributed by atoms with Crippen molar-refractivity contribution in [2.45, 2.75) is 95.9 Å². The summed E-state index contributed by atoms with van der Waals surface area (Å²) in [6.45, 7) is 14.9. The van der Waals surface area contributed by atoms with Gasteiger partial charge in [0.2, 0.25) is 0 Å². The Morgan fingerprint density at radius 1 is 1.13 bits per heavy atom. The van der Waals surface area contributed by atoms with Crippen LogP contribution in [-0.4, -0.2) is 65.4 Å². The van der Waals surface area contributed by atoms with Gasteiger partial charge in [-0.15, -0.1) is 13.2 Å². The van der Waals surface area contributed by atoms with E-state index in [2.05, 4.69) is 28.7 Å². The fraction of sp³-hybridized carbons (Fsp3) is 0.750. The monoisotopic (exact) mass is 437 g/mol. The highest BCUT2D eigenvalue weighted by Gasteiger charge is 2.33. The number of carboxylic acid groups (broad SMARTS) is 1. The van der Waals surface area contributed by atoms with Gasteiger partial charge in [-0.05, 0) is 85.2 Å². The first kappa shape index (κ1) is 27.2. The zero-order valence-corrected chi connectivity index (χ0v) is 19.7. The van der Waals surface area contributed by atoms with Crippen molar-refractivity contribution in [1.82, 2.24) is 15.5 Å². The third-order valence-electron chi connectivity index (χ3n) is 4.92. The van der Waals surface area contributed by atoms with Crippen LogP contribution in [0.15, 0.2) is 25.3 Å². The number of ether oxygens (including phenoxy) is 1. The van der Waals surface area contributed by atoms with Crippen molar-refractivity contribution < 1.29 is 19.4 Å². The minimum Gasteiger partial charge on any atom is -0.480 e. The molecule has 0 aromatic heterocycles. The van der Waals surface area contributed by atoms with Gasteiger partial charge in [0.25, 0.3) is 0 Å². The fourth-order valence-corrected chi connectivity index (χ4v) is 3.01. The first-order chi connectivity index (χ1) is 14.7. The molecule has 0 aromatic carbocycles. The van der Waals surface area contributed by atoms with Gasteiger partial charge in [-0.1, -0.05) is 12.2 Å². The summed E-state index contributed by atoms with van der Waals surface area (Å²) in [5.74, 6) is -1.04. The van der Waals surface area contributed by atoms with Crippen LogP contribution in [0.5, 0.6) is 0 Å². The molecule has 1 atom stereocenters. The van der Waals surface area contributed by atoms with Crippen molar-refractivity contribution in [2.24, 2.45) is 0 Å². The van der Waals surface area contributed by atoms with Crippen LogP contribution in [0.4, 0.5) is 4.79 Å². The van der Waals surface area contributed by atoms with Gasteiger partial charge in [0.1, 0.15) is 11.6 Å². The lowest BCUT2D eigenvalue weighted by atomic mass is 10.2. The lowest BCUT2D eigenvalue weighted by Gasteiger charge is -2.27. The normalized spacial score (nSPS) is 16.6. The summed E-state index contributed by atoms with van der Waals surface area (Å²) in [7, 11) is 0. The molecule has 0 saturated heterocycles. The molecule has 2 saturated carbocycles. The van der Waals surface area contributed by atoms with Gasteiger partial charge >= 0.3 is 12.1 Å². The Morgan fingerprint density at radius 3 is 2.23 bits per heavy atom. The second kappa shape index (κ2) is 14.2. The number of hydrogen-bond donors (Lipinski definition) is 3. The lowest BCUT2D eigenvalue weighted by molar-refractivity contribution is -0.140. The summed E-state index contributed by atoms with van der Waals surface area (Å²) in [6.07, 6.45) is 12.4. The SMILES string of the molecule is C=CCCCN(C[C@H](NC(=O)OC(C)(C)C)C(=O)O)C1CC1.C=CCCCNC1CC1. The summed E-state index contributed by atoms with van der Waals surface area (Å²) in [5, 5.41) is 15.2. The highest BCUT2D eigenvalue weighted by atomic mass is 16.6. The number of alkyl carbamates (subject to hydrolysis) is 1. The summed E-state index contributed by atoms with van der Waals surface area (Å²) in [6, 6.07) is 0.348. The number of amides is 1. The zero-order chi connectivity index (χ0) is 23.3. The minimum atomic E-state index is -1.04. The largest absolute Gasteiger partial charge is 0.480 e. The van der Waals surface area contributed by atoms with E-state index in [-0.39, 0.29) is 0 Å². The molecule has 178 valence electrons. The van der Waals surface area contributed by atoms with Crippen molar-refractivity contribution in [3.8, 4) is 0 Å². The van der Waals surface area contributed by atoms with E-state index in [1.807, 2.05) is 12.2 Å². The highest BCUT2D eigenvalue weighted by Crippen LogP contribution is 2.27. The molecule has 7 nitrogen and oxygen atoms in total. The minimum absolute atomic E-state index is 0.302. The molecule has 0 spiro atoms. The van der Waals surface area contributed by atoms with E-state index in [1.165, 1.54) is 25.8 Å². The maximum Gasteiger partial charge on any atom is 0.408 e. The number of aliphatic carboxylic acids is 1. The van der Waals surface area contributed by atoms with Crippen LogP contribution < -0.4 is 10.6 Å². The average molecular weight is 438 g/mol. The standard InChI is InChI=1S/C16H28N2O4.C8H15N/c1-5-6-7-10-18(12-8-9-12)11-13(14(19)20)17-15(21)22-16(2,3)4;1-2-3-4-7-9-8-5-6-8/h5,12-13H,1,6-11H2,2-4H3,(H,17,21)(H,19,20);2,8-9H,1,3-7H2/t13-;/m0./s1. The molecule has 7 heteroatoms. The Balaban J connectivity index is 0.000000442. The Bertz CT molecular complexity index is 566. The molecule has 0 unspecified atom stereocenters. The Kier molecular flexibility index (Phi) is 12.5. The Hall–Kier alpha value is -1.86. The van der Waals surface area contributed by atoms with Crippen LogP contribution in [0, 0.1) is 0 Å². The lowest BCUT2D eigenvalue weighted by Crippen LogP contribution is -2.50. The second-order valence-electron chi connectivity index (χ2n) is 9.35. The quantitative estimate of drug-likeness (QED) is 0.280. The number of rotatable bonds is 14. The summed E-state index contributed by atoms with van der Waals surface area (Å²) in [5.41, 5.74) is -0.646. The maximum absolute atomic E-state index is 11.8. The van der Waals surface area contributed by atoms with Crippen molar-refractivity contribution in [3.05, 3.63) is 25.3 Å². The Morgan fingerprint density at radius 2 is 1.74 bits per heavy atom. The highest BCUT2D eigenvalue weighted by molar-refractivity contribution is 5.80. The molecule has 2 fully saturated rings. The molecular weight excluding hydrogens is 394 g/mol. The number of carbonyl (C=O) groups excluding carboxylic acids is 1. The van der Waals surface area contributed by atoms with E-state index < -0.39 is 23.7 Å². The molecule has 31 heavy (non-hydrogen) atoms. The van der Waals surface area contributed by atoms with Crippen LogP contribution in [0.25, 0.3) is 0 Å². The molecule has 2 aliphatic rings. The van der Waals surface area contributed by atoms with E-state index in [4.69, 9.17) is 4.74 Å². The molecule has 0 aliphatic heterocycles. The number of nitrogens with one attached hydrogen (secondary N) is 2. The summed E-state index contributed by atoms with van der Waals surface area (Å²) >= 11 is 0. The van der Waals surface area contributed by atoms with Crippen molar-refractivity contribution >= 4 is 12.1 Å². The molecule has 0 heterocycles. The van der Waals surface area contributed by atoms with Gasteiger partial charge in [0.05, 0.1) is 0 Å². The smallest absolute Gasteiger partial charge is 0.408 e. The van der Waals surface area contributed by atoms with E-state index in [0.717, 1.165) is 44.7 Å². The molecule has 1 amide bonds. The summed E-state index contributed by atoms with van der Waals surface area (Å²) in [4.78, 5) is 25.3. The molecule has 2 aliphatic carbocycles. The predicted octanol–water partition coefficient (Wildman–Crippen LogP) is 4.10. The van der Waals surface area contributed by atoms with E-state index in [9.17, 15) is 14.7 Å². The summed E-state index contributed by atoms with van der Waals surface area (Å²) < 4.78 is 5.13. The van der Waals surface area contributed by atoms with Crippen LogP contribution in [0.2, 0.25) is 0 Å². The molecule has 0 radical (unpaired) electrons. The fourth-order valence-electron chi connectivity index (χ4n) is 3.01. The molecular formula is C24H43N3O4. The number of allylic oxidation sites excluding steroid dienone is 2. The number of carbonyl (C=O) groups is 2.